The lowest BCUT2D eigenvalue weighted by Gasteiger charge is -2.28. The Labute approximate surface area is 698 Å². The van der Waals surface area contributed by atoms with Gasteiger partial charge in [-0.05, 0) is 44.9 Å². The van der Waals surface area contributed by atoms with Gasteiger partial charge in [0.05, 0.1) is 78.2 Å². The lowest BCUT2D eigenvalue weighted by molar-refractivity contribution is -0.144. The van der Waals surface area contributed by atoms with E-state index in [0.717, 1.165) is 19.0 Å². The number of aromatic amines is 6. The normalized spacial score (nSPS) is 14.2. The summed E-state index contributed by atoms with van der Waals surface area (Å²) in [5, 5.41) is 105. The molecule has 0 fully saturated rings. The lowest BCUT2D eigenvalue weighted by Crippen LogP contribution is -2.61. The van der Waals surface area contributed by atoms with E-state index in [1.807, 2.05) is 0 Å². The topological polar surface area (TPSA) is 846 Å². The van der Waals surface area contributed by atoms with Crippen molar-refractivity contribution in [2.75, 3.05) is 0 Å². The Morgan fingerprint density at radius 1 is 0.226 bits per heavy atom. The Hall–Kier alpha value is -15.4. The quantitative estimate of drug-likeness (QED) is 0.0169. The molecule has 6 aromatic rings. The summed E-state index contributed by atoms with van der Waals surface area (Å²) in [5.41, 5.74) is 6.29. The van der Waals surface area contributed by atoms with E-state index in [-0.39, 0.29) is 47.0 Å². The zero-order chi connectivity index (χ0) is 91.1. The van der Waals surface area contributed by atoms with E-state index >= 15 is 0 Å². The van der Waals surface area contributed by atoms with Crippen molar-refractivity contribution in [2.24, 2.45) is 5.73 Å². The molecule has 0 saturated heterocycles. The minimum Gasteiger partial charge on any atom is -0.481 e. The van der Waals surface area contributed by atoms with Gasteiger partial charge in [-0.25, -0.2) is 34.7 Å². The molecule has 0 aliphatic rings. The molecule has 13 atom stereocenters. The molecule has 12 amide bonds. The lowest BCUT2D eigenvalue weighted by atomic mass is 10.0. The fourth-order valence-electron chi connectivity index (χ4n) is 11.8. The maximum absolute atomic E-state index is 14.8. The van der Waals surface area contributed by atoms with Crippen LogP contribution in [0.1, 0.15) is 124 Å². The molecule has 0 bridgehead atoms. The first kappa shape index (κ1) is 97.5. The number of nitrogens with zero attached hydrogens (tertiary/aromatic N) is 6. The van der Waals surface area contributed by atoms with Crippen molar-refractivity contribution in [1.29, 1.82) is 0 Å². The zero-order valence-electron chi connectivity index (χ0n) is 65.6. The van der Waals surface area contributed by atoms with Gasteiger partial charge >= 0.3 is 47.8 Å². The summed E-state index contributed by atoms with van der Waals surface area (Å²) in [4.78, 5) is 308. The van der Waals surface area contributed by atoms with Gasteiger partial charge in [-0.3, -0.25) is 91.1 Å². The molecule has 53 nitrogen and oxygen atoms in total. The molecule has 6 heterocycles. The number of carbonyl (C=O) groups excluding carboxylic acids is 12. The minimum absolute atomic E-state index is 0.00327. The number of aromatic nitrogens is 12. The highest BCUT2D eigenvalue weighted by Crippen LogP contribution is 2.15. The number of amides is 12. The number of hydrogen-bond donors (Lipinski definition) is 27. The first-order chi connectivity index (χ1) is 58.9. The third kappa shape index (κ3) is 34.5. The van der Waals surface area contributed by atoms with Gasteiger partial charge in [-0.1, -0.05) is 0 Å². The highest BCUT2D eigenvalue weighted by Gasteiger charge is 2.40. The van der Waals surface area contributed by atoms with E-state index in [0.29, 0.717) is 0 Å². The van der Waals surface area contributed by atoms with Crippen LogP contribution in [0.4, 0.5) is 0 Å². The number of nitrogens with two attached hydrogens (primary N) is 1. The highest BCUT2D eigenvalue weighted by molar-refractivity contribution is 6.01. The Balaban J connectivity index is 1.26. The smallest absolute Gasteiger partial charge is 0.326 e. The van der Waals surface area contributed by atoms with Crippen LogP contribution >= 0.6 is 0 Å². The maximum atomic E-state index is 14.8. The second-order valence-electron chi connectivity index (χ2n) is 27.8. The van der Waals surface area contributed by atoms with Gasteiger partial charge in [-0.2, -0.15) is 0 Å². The molecular weight excluding hydrogens is 1650 g/mol. The van der Waals surface area contributed by atoms with Crippen LogP contribution in [0, 0.1) is 0 Å². The summed E-state index contributed by atoms with van der Waals surface area (Å²) in [7, 11) is 0. The van der Waals surface area contributed by atoms with Gasteiger partial charge in [0.25, 0.3) is 0 Å². The number of carboxylic acid groups (broad SMARTS) is 8. The summed E-state index contributed by atoms with van der Waals surface area (Å²) in [6.07, 6.45) is 1.07. The molecule has 0 aliphatic carbocycles. The predicted octanol–water partition coefficient (Wildman–Crippen LogP) is -7.94. The predicted molar refractivity (Wildman–Crippen MR) is 411 cm³/mol. The molecule has 0 spiro atoms. The number of imidazole rings is 6. The van der Waals surface area contributed by atoms with Gasteiger partial charge in [-0.15, -0.1) is 0 Å². The van der Waals surface area contributed by atoms with Crippen LogP contribution in [0.2, 0.25) is 0 Å². The number of aliphatic carboxylic acids is 8. The van der Waals surface area contributed by atoms with E-state index in [1.54, 1.807) is 0 Å². The summed E-state index contributed by atoms with van der Waals surface area (Å²) in [6.45, 7) is 0. The number of nitrogens with one attached hydrogen (secondary N) is 18. The van der Waals surface area contributed by atoms with E-state index in [4.69, 9.17) is 10.8 Å². The summed E-state index contributed by atoms with van der Waals surface area (Å²) < 4.78 is 0. The van der Waals surface area contributed by atoms with Crippen LogP contribution in [-0.2, 0) is 134 Å². The standard InChI is InChI=1S/C71H93N25O28/c72-39(1-8-52(97)98)59(111)91-46(15-33-21-73-27-79-33)65(117)85-40(2-9-53(99)100)60(112)92-47(16-34-22-74-28-80-34)66(118)86-41(3-10-54(101)102)61(113)93-48(17-35-23-75-29-81-35)67(119)87-42(4-11-55(103)104)62(114)94-49(18-36-24-76-30-82-36)68(120)88-43(5-12-56(105)106)63(115)95-50(19-37-25-77-31-83-37)69(121)89-44(6-13-57(107)108)64(116)96-51(20-38-26-78-32-84-38)70(122)90-45(71(123)124)7-14-58(109)110/h21-32,39-51H,1-20,72H2,(H,73,79)(H,74,80)(H,75,81)(H,76,82)(H,77,83)(H,78,84)(H,85,117)(H,86,118)(H,87,119)(H,88,120)(H,89,121)(H,90,122)(H,91,111)(H,92,112)(H,93,113)(H,94,114)(H,95,115)(H,96,116)(H,97,98)(H,99,100)(H,101,102)(H,103,104)(H,105,106)(H,107,108)(H,109,110)(H,123,124)/t39-,40-,41-,42-,43-,44-,45-,46-,47-,48-,49-,50-,51-/m0/s1. The number of H-pyrrole nitrogens is 6. The second kappa shape index (κ2) is 49.2. The number of rotatable bonds is 58. The van der Waals surface area contributed by atoms with Gasteiger partial charge in [0.1, 0.15) is 72.5 Å². The minimum atomic E-state index is -2.03. The van der Waals surface area contributed by atoms with Crippen LogP contribution in [0.3, 0.4) is 0 Å². The molecule has 6 rings (SSSR count). The average Bonchev–Trinajstić information content (AvgIpc) is 1.20. The third-order valence-corrected chi connectivity index (χ3v) is 18.3. The monoisotopic (exact) mass is 1740 g/mol. The SMILES string of the molecule is N[C@@H](CCC(=O)O)C(=O)N[C@@H](Cc1c[nH]cn1)C(=O)N[C@@H](CCC(=O)O)C(=O)N[C@@H](Cc1c[nH]cn1)C(=O)N[C@@H](CCC(=O)O)C(=O)N[C@@H](Cc1c[nH]cn1)C(=O)N[C@@H](CCC(=O)O)C(=O)N[C@@H](Cc1c[nH]cn1)C(=O)N[C@@H](CCC(=O)O)C(=O)N[C@@H](Cc1c[nH]cn1)C(=O)N[C@@H](CCC(=O)O)C(=O)N[C@@H](Cc1c[nH]cn1)C(=O)N[C@@H](CCC(=O)O)C(=O)O. The highest BCUT2D eigenvalue weighted by atomic mass is 16.4. The van der Waals surface area contributed by atoms with Crippen molar-refractivity contribution >= 4 is 119 Å². The van der Waals surface area contributed by atoms with Gasteiger partial charge in [0.15, 0.2) is 0 Å². The van der Waals surface area contributed by atoms with Crippen molar-refractivity contribution in [3.05, 3.63) is 109 Å². The molecule has 0 aliphatic heterocycles. The molecule has 670 valence electrons. The summed E-state index contributed by atoms with van der Waals surface area (Å²) in [6, 6.07) is -24.1. The van der Waals surface area contributed by atoms with Gasteiger partial charge in [0, 0.05) is 121 Å². The van der Waals surface area contributed by atoms with Crippen molar-refractivity contribution in [1.82, 2.24) is 124 Å². The maximum Gasteiger partial charge on any atom is 0.326 e. The van der Waals surface area contributed by atoms with Crippen molar-refractivity contribution < 1.29 is 137 Å². The van der Waals surface area contributed by atoms with E-state index in [9.17, 15) is 132 Å². The van der Waals surface area contributed by atoms with Crippen LogP contribution in [0.15, 0.2) is 75.1 Å². The molecular formula is C71H93N25O28. The fourth-order valence-corrected chi connectivity index (χ4v) is 11.8. The Morgan fingerprint density at radius 2 is 0.371 bits per heavy atom. The van der Waals surface area contributed by atoms with Gasteiger partial charge < -0.3 is 140 Å². The molecule has 0 aromatic carbocycles. The average molecular weight is 1740 g/mol. The third-order valence-electron chi connectivity index (χ3n) is 18.3. The Bertz CT molecular complexity index is 4640. The van der Waals surface area contributed by atoms with Crippen molar-refractivity contribution in [3.63, 3.8) is 0 Å². The zero-order valence-corrected chi connectivity index (χ0v) is 65.6. The molecule has 6 aromatic heterocycles. The first-order valence-corrected chi connectivity index (χ1v) is 37.9. The molecule has 0 radical (unpaired) electrons. The van der Waals surface area contributed by atoms with E-state index in [1.165, 1.54) is 56.2 Å². The van der Waals surface area contributed by atoms with Crippen molar-refractivity contribution in [2.45, 2.75) is 207 Å². The van der Waals surface area contributed by atoms with Crippen LogP contribution in [-0.4, -0.2) is 298 Å². The van der Waals surface area contributed by atoms with Crippen molar-refractivity contribution in [3.8, 4) is 0 Å². The molecule has 0 saturated carbocycles. The summed E-state index contributed by atoms with van der Waals surface area (Å²) >= 11 is 0. The number of carboxylic acids is 8. The Kier molecular flexibility index (Phi) is 38.7. The molecule has 53 heteroatoms. The van der Waals surface area contributed by atoms with Gasteiger partial charge in [0.2, 0.25) is 70.9 Å². The second-order valence-corrected chi connectivity index (χ2v) is 27.8. The number of hydrogen-bond acceptors (Lipinski definition) is 27. The molecule has 124 heavy (non-hydrogen) atoms. The molecule has 0 unspecified atom stereocenters. The van der Waals surface area contributed by atoms with Crippen LogP contribution < -0.4 is 69.5 Å². The van der Waals surface area contributed by atoms with Crippen LogP contribution in [0.25, 0.3) is 0 Å². The largest absolute Gasteiger partial charge is 0.481 e. The van der Waals surface area contributed by atoms with E-state index < -0.39 is 313 Å². The van der Waals surface area contributed by atoms with E-state index in [2.05, 4.69) is 124 Å². The molecule has 28 N–H and O–H groups in total. The number of carbonyl (C=O) groups is 20. The Morgan fingerprint density at radius 3 is 0.532 bits per heavy atom. The fraction of sp³-hybridized carbons (Fsp3) is 0.465. The summed E-state index contributed by atoms with van der Waals surface area (Å²) in [5.74, 6) is -27.1. The first-order valence-electron chi connectivity index (χ1n) is 37.9. The van der Waals surface area contributed by atoms with Crippen LogP contribution in [0.5, 0.6) is 0 Å².